The molecule has 6 heteroatoms. The van der Waals surface area contributed by atoms with Gasteiger partial charge in [-0.25, -0.2) is 0 Å². The van der Waals surface area contributed by atoms with Crippen LogP contribution in [0.3, 0.4) is 0 Å². The average molecular weight is 249 g/mol. The summed E-state index contributed by atoms with van der Waals surface area (Å²) in [6.45, 7) is 0.413. The second-order valence-corrected chi connectivity index (χ2v) is 3.24. The Morgan fingerprint density at radius 1 is 1.41 bits per heavy atom. The molecule has 0 aliphatic rings. The van der Waals surface area contributed by atoms with E-state index < -0.39 is 0 Å². The number of nitriles is 2. The highest BCUT2D eigenvalue weighted by molar-refractivity contribution is 6.18. The second-order valence-electron chi connectivity index (χ2n) is 2.86. The average Bonchev–Trinajstić information content (AvgIpc) is 2.38. The third kappa shape index (κ3) is 4.42. The maximum absolute atomic E-state index is 8.49. The molecule has 0 fully saturated rings. The van der Waals surface area contributed by atoms with E-state index >= 15 is 0 Å². The van der Waals surface area contributed by atoms with Crippen molar-refractivity contribution in [2.45, 2.75) is 0 Å². The molecule has 1 aromatic rings. The first-order chi connectivity index (χ1) is 8.30. The number of ether oxygens (including phenoxy) is 1. The van der Waals surface area contributed by atoms with E-state index in [9.17, 15) is 0 Å². The SMILES string of the molecule is N#CC(C#N)=NNc1cccc(OCCCl)c1. The molecule has 0 amide bonds. The first-order valence-electron chi connectivity index (χ1n) is 4.73. The van der Waals surface area contributed by atoms with Gasteiger partial charge in [-0.2, -0.15) is 15.6 Å². The number of halogens is 1. The summed E-state index contributed by atoms with van der Waals surface area (Å²) in [5.74, 6) is 1.05. The van der Waals surface area contributed by atoms with Crippen LogP contribution >= 0.6 is 11.6 Å². The molecular formula is C11H9ClN4O. The topological polar surface area (TPSA) is 81.2 Å². The summed E-state index contributed by atoms with van der Waals surface area (Å²) in [7, 11) is 0. The normalized spacial score (nSPS) is 8.65. The molecular weight excluding hydrogens is 240 g/mol. The number of alkyl halides is 1. The third-order valence-electron chi connectivity index (χ3n) is 1.69. The van der Waals surface area contributed by atoms with Crippen molar-refractivity contribution in [3.63, 3.8) is 0 Å². The highest BCUT2D eigenvalue weighted by Gasteiger charge is 1.97. The van der Waals surface area contributed by atoms with Crippen LogP contribution in [0.2, 0.25) is 0 Å². The molecule has 0 unspecified atom stereocenters. The van der Waals surface area contributed by atoms with Crippen LogP contribution < -0.4 is 10.2 Å². The van der Waals surface area contributed by atoms with Crippen molar-refractivity contribution in [2.24, 2.45) is 5.10 Å². The number of anilines is 1. The largest absolute Gasteiger partial charge is 0.492 e. The van der Waals surface area contributed by atoms with Crippen LogP contribution in [0, 0.1) is 22.7 Å². The number of nitrogens with zero attached hydrogens (tertiary/aromatic N) is 3. The summed E-state index contributed by atoms with van der Waals surface area (Å²) in [4.78, 5) is 0. The van der Waals surface area contributed by atoms with Crippen molar-refractivity contribution in [1.82, 2.24) is 0 Å². The van der Waals surface area contributed by atoms with Crippen LogP contribution in [0.4, 0.5) is 5.69 Å². The van der Waals surface area contributed by atoms with E-state index in [2.05, 4.69) is 10.5 Å². The van der Waals surface area contributed by atoms with Crippen LogP contribution in [0.1, 0.15) is 0 Å². The number of hydrogen-bond donors (Lipinski definition) is 1. The Hall–Kier alpha value is -2.24. The van der Waals surface area contributed by atoms with E-state index in [4.69, 9.17) is 26.9 Å². The molecule has 86 valence electrons. The zero-order valence-corrected chi connectivity index (χ0v) is 9.61. The Morgan fingerprint density at radius 2 is 2.18 bits per heavy atom. The van der Waals surface area contributed by atoms with Gasteiger partial charge in [-0.15, -0.1) is 11.6 Å². The minimum atomic E-state index is -0.239. The number of benzene rings is 1. The zero-order chi connectivity index (χ0) is 12.5. The highest BCUT2D eigenvalue weighted by atomic mass is 35.5. The maximum Gasteiger partial charge on any atom is 0.237 e. The lowest BCUT2D eigenvalue weighted by Gasteiger charge is -2.05. The van der Waals surface area contributed by atoms with Crippen molar-refractivity contribution in [3.05, 3.63) is 24.3 Å². The molecule has 1 aromatic carbocycles. The van der Waals surface area contributed by atoms with Gasteiger partial charge in [0.2, 0.25) is 5.71 Å². The monoisotopic (exact) mass is 248 g/mol. The van der Waals surface area contributed by atoms with Gasteiger partial charge in [0.05, 0.1) is 11.6 Å². The molecule has 0 bridgehead atoms. The van der Waals surface area contributed by atoms with Gasteiger partial charge in [0.15, 0.2) is 0 Å². The minimum absolute atomic E-state index is 0.239. The van der Waals surface area contributed by atoms with Gasteiger partial charge in [-0.05, 0) is 12.1 Å². The van der Waals surface area contributed by atoms with E-state index in [-0.39, 0.29) is 5.71 Å². The van der Waals surface area contributed by atoms with Crippen LogP contribution in [-0.4, -0.2) is 18.2 Å². The number of hydrogen-bond acceptors (Lipinski definition) is 5. The molecule has 1 N–H and O–H groups in total. The maximum atomic E-state index is 8.49. The van der Waals surface area contributed by atoms with Crippen molar-refractivity contribution in [1.29, 1.82) is 10.5 Å². The molecule has 0 aliphatic heterocycles. The summed E-state index contributed by atoms with van der Waals surface area (Å²) in [5.41, 5.74) is 2.98. The van der Waals surface area contributed by atoms with Crippen LogP contribution in [-0.2, 0) is 0 Å². The van der Waals surface area contributed by atoms with Crippen LogP contribution in [0.5, 0.6) is 5.75 Å². The Balaban J connectivity index is 2.70. The third-order valence-corrected chi connectivity index (χ3v) is 1.84. The molecule has 0 spiro atoms. The van der Waals surface area contributed by atoms with E-state index in [1.807, 2.05) is 0 Å². The van der Waals surface area contributed by atoms with E-state index in [1.165, 1.54) is 0 Å². The lowest BCUT2D eigenvalue weighted by atomic mass is 10.3. The highest BCUT2D eigenvalue weighted by Crippen LogP contribution is 2.17. The first kappa shape index (κ1) is 12.8. The summed E-state index contributed by atoms with van der Waals surface area (Å²) in [6.07, 6.45) is 0. The summed E-state index contributed by atoms with van der Waals surface area (Å²) in [5, 5.41) is 20.6. The summed E-state index contributed by atoms with van der Waals surface area (Å²) < 4.78 is 5.30. The number of rotatable bonds is 5. The predicted octanol–water partition coefficient (Wildman–Crippen LogP) is 2.12. The van der Waals surface area contributed by atoms with Gasteiger partial charge in [-0.1, -0.05) is 6.07 Å². The van der Waals surface area contributed by atoms with Gasteiger partial charge in [-0.3, -0.25) is 5.43 Å². The van der Waals surface area contributed by atoms with Gasteiger partial charge >= 0.3 is 0 Å². The van der Waals surface area contributed by atoms with Gasteiger partial charge in [0.1, 0.15) is 24.5 Å². The Labute approximate surface area is 104 Å². The lowest BCUT2D eigenvalue weighted by molar-refractivity contribution is 0.343. The van der Waals surface area contributed by atoms with Gasteiger partial charge in [0.25, 0.3) is 0 Å². The van der Waals surface area contributed by atoms with Crippen LogP contribution in [0.25, 0.3) is 0 Å². The standard InChI is InChI=1S/C11H9ClN4O/c12-4-5-17-11-3-1-2-9(6-11)15-16-10(7-13)8-14/h1-3,6,15H,4-5H2. The Kier molecular flexibility index (Phi) is 5.36. The van der Waals surface area contributed by atoms with Gasteiger partial charge in [0, 0.05) is 6.07 Å². The Bertz CT molecular complexity index is 471. The molecule has 0 heterocycles. The van der Waals surface area contributed by atoms with Crippen LogP contribution in [0.15, 0.2) is 29.4 Å². The number of nitrogens with one attached hydrogen (secondary N) is 1. The van der Waals surface area contributed by atoms with Crippen molar-refractivity contribution in [2.75, 3.05) is 17.9 Å². The second kappa shape index (κ2) is 7.10. The zero-order valence-electron chi connectivity index (χ0n) is 8.85. The lowest BCUT2D eigenvalue weighted by Crippen LogP contribution is -1.99. The fourth-order valence-corrected chi connectivity index (χ4v) is 1.08. The van der Waals surface area contributed by atoms with Crippen molar-refractivity contribution >= 4 is 23.0 Å². The van der Waals surface area contributed by atoms with Gasteiger partial charge < -0.3 is 4.74 Å². The molecule has 17 heavy (non-hydrogen) atoms. The molecule has 5 nitrogen and oxygen atoms in total. The van der Waals surface area contributed by atoms with E-state index in [0.29, 0.717) is 23.9 Å². The molecule has 0 saturated carbocycles. The van der Waals surface area contributed by atoms with Crippen molar-refractivity contribution in [3.8, 4) is 17.9 Å². The summed E-state index contributed by atoms with van der Waals surface area (Å²) >= 11 is 5.50. The molecule has 1 rings (SSSR count). The smallest absolute Gasteiger partial charge is 0.237 e. The molecule has 0 radical (unpaired) electrons. The fourth-order valence-electron chi connectivity index (χ4n) is 1.01. The summed E-state index contributed by atoms with van der Waals surface area (Å²) in [6, 6.07) is 10.3. The Morgan fingerprint density at radius 3 is 2.82 bits per heavy atom. The predicted molar refractivity (Wildman–Crippen MR) is 64.9 cm³/mol. The molecule has 0 aliphatic carbocycles. The first-order valence-corrected chi connectivity index (χ1v) is 5.26. The quantitative estimate of drug-likeness (QED) is 0.492. The molecule has 0 aromatic heterocycles. The number of hydrazone groups is 1. The van der Waals surface area contributed by atoms with E-state index in [0.717, 1.165) is 0 Å². The minimum Gasteiger partial charge on any atom is -0.492 e. The fraction of sp³-hybridized carbons (Fsp3) is 0.182. The van der Waals surface area contributed by atoms with Crippen molar-refractivity contribution < 1.29 is 4.74 Å². The molecule has 0 atom stereocenters. The molecule has 0 saturated heterocycles. The van der Waals surface area contributed by atoms with E-state index in [1.54, 1.807) is 36.4 Å².